The van der Waals surface area contributed by atoms with Crippen molar-refractivity contribution in [1.29, 1.82) is 0 Å². The molecule has 4 rings (SSSR count). The third-order valence-corrected chi connectivity index (χ3v) is 5.22. The molecule has 0 amide bonds. The van der Waals surface area contributed by atoms with E-state index in [0.717, 1.165) is 40.3 Å². The number of H-pyrrole nitrogens is 2. The molecular weight excluding hydrogens is 376 g/mol. The first kappa shape index (κ1) is 21.3. The highest BCUT2D eigenvalue weighted by atomic mass is 16.6. The van der Waals surface area contributed by atoms with E-state index in [2.05, 4.69) is 42.0 Å². The predicted octanol–water partition coefficient (Wildman–Crippen LogP) is 5.32. The van der Waals surface area contributed by atoms with Gasteiger partial charge >= 0.3 is 0 Å². The second kappa shape index (κ2) is 8.97. The average Bonchev–Trinajstić information content (AvgIpc) is 3.16. The summed E-state index contributed by atoms with van der Waals surface area (Å²) in [6.45, 7) is 8.85. The van der Waals surface area contributed by atoms with Crippen molar-refractivity contribution in [3.63, 3.8) is 0 Å². The second-order valence-corrected chi connectivity index (χ2v) is 7.63. The Morgan fingerprint density at radius 1 is 0.933 bits per heavy atom. The van der Waals surface area contributed by atoms with Crippen LogP contribution in [0.25, 0.3) is 27.9 Å². The van der Waals surface area contributed by atoms with Gasteiger partial charge in [-0.2, -0.15) is 0 Å². The summed E-state index contributed by atoms with van der Waals surface area (Å²) in [7, 11) is 0. The van der Waals surface area contributed by atoms with Gasteiger partial charge in [0.05, 0.1) is 4.92 Å². The summed E-state index contributed by atoms with van der Waals surface area (Å²) in [4.78, 5) is 16.5. The second-order valence-electron chi connectivity index (χ2n) is 7.63. The van der Waals surface area contributed by atoms with E-state index in [1.165, 1.54) is 33.8 Å². The number of aromatic nitrogens is 2. The van der Waals surface area contributed by atoms with Crippen LogP contribution in [0.1, 0.15) is 33.6 Å². The van der Waals surface area contributed by atoms with Crippen molar-refractivity contribution in [3.05, 3.63) is 86.4 Å². The quantitative estimate of drug-likeness (QED) is 0.317. The molecule has 0 radical (unpaired) electrons. The summed E-state index contributed by atoms with van der Waals surface area (Å²) >= 11 is 0. The standard InChI is InChI=1S/C12H12N2O2.C12H16N2/c1-8-3-4-12-11(7-8)10(9(2)13-12)5-6-14(15)16;1-8-3-4-12-11(7-8)10(5-6-13)9(2)14-12/h3-7,13H,1-2H3;3-4,7,14H,5-6,13H2,1-2H3/b6-5+;. The number of nitrogens with one attached hydrogen (secondary N) is 2. The van der Waals surface area contributed by atoms with Crippen molar-refractivity contribution in [2.75, 3.05) is 6.54 Å². The van der Waals surface area contributed by atoms with Crippen LogP contribution >= 0.6 is 0 Å². The molecule has 2 aromatic heterocycles. The molecule has 0 bridgehead atoms. The number of nitrogens with zero attached hydrogens (tertiary/aromatic N) is 1. The molecule has 0 fully saturated rings. The molecule has 6 nitrogen and oxygen atoms in total. The third-order valence-electron chi connectivity index (χ3n) is 5.22. The Morgan fingerprint density at radius 3 is 2.10 bits per heavy atom. The molecule has 0 aliphatic carbocycles. The van der Waals surface area contributed by atoms with Gasteiger partial charge in [-0.3, -0.25) is 10.1 Å². The van der Waals surface area contributed by atoms with E-state index in [-0.39, 0.29) is 0 Å². The Kier molecular flexibility index (Phi) is 6.37. The fourth-order valence-corrected chi connectivity index (χ4v) is 3.77. The monoisotopic (exact) mass is 404 g/mol. The third kappa shape index (κ3) is 4.60. The fraction of sp³-hybridized carbons (Fsp3) is 0.250. The smallest absolute Gasteiger partial charge is 0.235 e. The lowest BCUT2D eigenvalue weighted by Gasteiger charge is -1.98. The maximum atomic E-state index is 10.3. The van der Waals surface area contributed by atoms with Gasteiger partial charge in [0.25, 0.3) is 0 Å². The van der Waals surface area contributed by atoms with Crippen LogP contribution in [0.2, 0.25) is 0 Å². The van der Waals surface area contributed by atoms with Gasteiger partial charge < -0.3 is 15.7 Å². The molecule has 2 aromatic carbocycles. The van der Waals surface area contributed by atoms with Crippen molar-refractivity contribution in [3.8, 4) is 0 Å². The first-order chi connectivity index (χ1) is 14.3. The maximum Gasteiger partial charge on any atom is 0.235 e. The Balaban J connectivity index is 0.000000172. The van der Waals surface area contributed by atoms with E-state index >= 15 is 0 Å². The number of benzene rings is 2. The summed E-state index contributed by atoms with van der Waals surface area (Å²) in [6, 6.07) is 12.5. The van der Waals surface area contributed by atoms with Crippen molar-refractivity contribution in [2.45, 2.75) is 34.1 Å². The number of hydrogen-bond acceptors (Lipinski definition) is 3. The average molecular weight is 405 g/mol. The van der Waals surface area contributed by atoms with E-state index in [1.807, 2.05) is 32.0 Å². The molecule has 4 aromatic rings. The van der Waals surface area contributed by atoms with Crippen LogP contribution < -0.4 is 5.73 Å². The lowest BCUT2D eigenvalue weighted by atomic mass is 10.1. The highest BCUT2D eigenvalue weighted by molar-refractivity contribution is 5.90. The molecule has 0 atom stereocenters. The van der Waals surface area contributed by atoms with Gasteiger partial charge in [-0.15, -0.1) is 0 Å². The van der Waals surface area contributed by atoms with Gasteiger partial charge in [-0.25, -0.2) is 0 Å². The van der Waals surface area contributed by atoms with Gasteiger partial charge in [0, 0.05) is 44.8 Å². The Labute approximate surface area is 175 Å². The molecule has 4 N–H and O–H groups in total. The molecule has 2 heterocycles. The molecule has 30 heavy (non-hydrogen) atoms. The number of aryl methyl sites for hydroxylation is 4. The molecule has 0 unspecified atom stereocenters. The SMILES string of the molecule is Cc1ccc2[nH]c(C)c(/C=C/[N+](=O)[O-])c2c1.Cc1ccc2[nH]c(C)c(CCN)c2c1. The minimum atomic E-state index is -0.450. The summed E-state index contributed by atoms with van der Waals surface area (Å²) < 4.78 is 0. The van der Waals surface area contributed by atoms with Crippen molar-refractivity contribution >= 4 is 27.9 Å². The fourth-order valence-electron chi connectivity index (χ4n) is 3.77. The number of aromatic amines is 2. The first-order valence-corrected chi connectivity index (χ1v) is 9.98. The van der Waals surface area contributed by atoms with E-state index in [9.17, 15) is 10.1 Å². The Bertz CT molecular complexity index is 1230. The summed E-state index contributed by atoms with van der Waals surface area (Å²) in [5.41, 5.74) is 14.7. The normalized spacial score (nSPS) is 11.2. The summed E-state index contributed by atoms with van der Waals surface area (Å²) in [5, 5.41) is 12.7. The van der Waals surface area contributed by atoms with Crippen LogP contribution in [-0.4, -0.2) is 21.4 Å². The van der Waals surface area contributed by atoms with E-state index in [0.29, 0.717) is 6.54 Å². The van der Waals surface area contributed by atoms with Crippen LogP contribution in [0.15, 0.2) is 42.6 Å². The first-order valence-electron chi connectivity index (χ1n) is 9.98. The highest BCUT2D eigenvalue weighted by Crippen LogP contribution is 2.25. The van der Waals surface area contributed by atoms with Gasteiger partial charge in [0.2, 0.25) is 6.20 Å². The molecular formula is C24H28N4O2. The van der Waals surface area contributed by atoms with E-state index in [4.69, 9.17) is 5.73 Å². The lowest BCUT2D eigenvalue weighted by Crippen LogP contribution is -2.03. The topological polar surface area (TPSA) is 101 Å². The molecule has 0 saturated carbocycles. The van der Waals surface area contributed by atoms with Gasteiger partial charge in [-0.1, -0.05) is 23.3 Å². The number of nitrogens with two attached hydrogens (primary N) is 1. The van der Waals surface area contributed by atoms with Gasteiger partial charge in [-0.05, 0) is 70.5 Å². The predicted molar refractivity (Wildman–Crippen MR) is 124 cm³/mol. The van der Waals surface area contributed by atoms with Crippen molar-refractivity contribution in [2.24, 2.45) is 5.73 Å². The zero-order valence-electron chi connectivity index (χ0n) is 17.9. The van der Waals surface area contributed by atoms with Crippen molar-refractivity contribution in [1.82, 2.24) is 9.97 Å². The zero-order valence-corrected chi connectivity index (χ0v) is 17.9. The largest absolute Gasteiger partial charge is 0.358 e. The molecule has 0 aliphatic heterocycles. The van der Waals surface area contributed by atoms with Crippen LogP contribution in [0, 0.1) is 37.8 Å². The number of hydrogen-bond donors (Lipinski definition) is 3. The van der Waals surface area contributed by atoms with Crippen LogP contribution in [0.3, 0.4) is 0 Å². The summed E-state index contributed by atoms with van der Waals surface area (Å²) in [6.07, 6.45) is 3.46. The number of nitro groups is 1. The zero-order chi connectivity index (χ0) is 21.8. The molecule has 0 spiro atoms. The van der Waals surface area contributed by atoms with E-state index < -0.39 is 4.92 Å². The molecule has 156 valence electrons. The number of fused-ring (bicyclic) bond motifs is 2. The van der Waals surface area contributed by atoms with Crippen LogP contribution in [0.5, 0.6) is 0 Å². The molecule has 0 saturated heterocycles. The minimum absolute atomic E-state index is 0.450. The van der Waals surface area contributed by atoms with E-state index in [1.54, 1.807) is 0 Å². The summed E-state index contributed by atoms with van der Waals surface area (Å²) in [5.74, 6) is 0. The maximum absolute atomic E-state index is 10.3. The van der Waals surface area contributed by atoms with Crippen molar-refractivity contribution < 1.29 is 4.92 Å². The Hall–Kier alpha value is -3.38. The highest BCUT2D eigenvalue weighted by Gasteiger charge is 2.07. The lowest BCUT2D eigenvalue weighted by molar-refractivity contribution is -0.400. The number of rotatable bonds is 4. The van der Waals surface area contributed by atoms with Gasteiger partial charge in [0.15, 0.2) is 0 Å². The van der Waals surface area contributed by atoms with Gasteiger partial charge in [0.1, 0.15) is 0 Å². The molecule has 6 heteroatoms. The molecule has 0 aliphatic rings. The Morgan fingerprint density at radius 2 is 1.50 bits per heavy atom. The van der Waals surface area contributed by atoms with Crippen LogP contribution in [0.4, 0.5) is 0 Å². The van der Waals surface area contributed by atoms with Crippen LogP contribution in [-0.2, 0) is 6.42 Å². The minimum Gasteiger partial charge on any atom is -0.358 e.